The molecule has 0 radical (unpaired) electrons. The van der Waals surface area contributed by atoms with Crippen LogP contribution >= 0.6 is 11.8 Å². The molecule has 2 atom stereocenters. The van der Waals surface area contributed by atoms with E-state index in [4.69, 9.17) is 11.3 Å². The fourth-order valence-electron chi connectivity index (χ4n) is 1.52. The molecular formula is C5H9BrN3O2S2-. The fourth-order valence-corrected chi connectivity index (χ4v) is 5.24. The van der Waals surface area contributed by atoms with E-state index in [9.17, 15) is 8.42 Å². The summed E-state index contributed by atoms with van der Waals surface area (Å²) in [6, 6.07) is -0.174. The third kappa shape index (κ3) is 1.85. The molecule has 0 aromatic heterocycles. The highest BCUT2D eigenvalue weighted by Gasteiger charge is 2.47. The number of rotatable bonds is 0. The summed E-state index contributed by atoms with van der Waals surface area (Å²) in [6.45, 7) is 0. The molecule has 0 aromatic carbocycles. The lowest BCUT2D eigenvalue weighted by Gasteiger charge is -2.15. The lowest BCUT2D eigenvalue weighted by atomic mass is 10.2. The predicted octanol–water partition coefficient (Wildman–Crippen LogP) is -3.99. The summed E-state index contributed by atoms with van der Waals surface area (Å²) in [6.07, 6.45) is 0. The van der Waals surface area contributed by atoms with Gasteiger partial charge in [-0.1, -0.05) is 11.8 Å². The van der Waals surface area contributed by atoms with Crippen LogP contribution in [0.1, 0.15) is 0 Å². The van der Waals surface area contributed by atoms with Gasteiger partial charge in [0.25, 0.3) is 0 Å². The van der Waals surface area contributed by atoms with E-state index in [0.29, 0.717) is 0 Å². The molecule has 0 spiro atoms. The average Bonchev–Trinajstić information content (AvgIpc) is 2.33. The third-order valence-electron chi connectivity index (χ3n) is 2.13. The molecule has 3 N–H and O–H groups in total. The molecule has 2 fully saturated rings. The summed E-state index contributed by atoms with van der Waals surface area (Å²) in [4.78, 5) is 0. The summed E-state index contributed by atoms with van der Waals surface area (Å²) >= 11 is 1.25. The van der Waals surface area contributed by atoms with Crippen LogP contribution in [0.25, 0.3) is 0 Å². The number of fused-ring (bicyclic) bond motifs is 1. The molecule has 8 heteroatoms. The molecule has 0 aliphatic carbocycles. The Morgan fingerprint density at radius 3 is 2.69 bits per heavy atom. The van der Waals surface area contributed by atoms with Crippen LogP contribution in [-0.4, -0.2) is 41.4 Å². The lowest BCUT2D eigenvalue weighted by molar-refractivity contribution is -0.00000516. The number of nitrogens with zero attached hydrogens (tertiary/aromatic N) is 1. The molecule has 13 heavy (non-hydrogen) atoms. The highest BCUT2D eigenvalue weighted by molar-refractivity contribution is 8.15. The second-order valence-electron chi connectivity index (χ2n) is 3.01. The van der Waals surface area contributed by atoms with E-state index < -0.39 is 9.84 Å². The first-order valence-corrected chi connectivity index (χ1v) is 6.19. The standard InChI is InChI=1S/C5H9N3O2S2.BrH/c6-5-8(7)3-1-12(9,10)2-4(3)11-5;/h3-4,6H,1-2,7H2;1H/p-1. The second kappa shape index (κ2) is 3.41. The Balaban J connectivity index is 0.000000845. The summed E-state index contributed by atoms with van der Waals surface area (Å²) in [5.74, 6) is 5.77. The molecule has 5 nitrogen and oxygen atoms in total. The first-order chi connectivity index (χ1) is 5.49. The molecule has 0 amide bonds. The van der Waals surface area contributed by atoms with E-state index in [0.717, 1.165) is 0 Å². The Bertz CT molecular complexity index is 331. The van der Waals surface area contributed by atoms with E-state index in [1.54, 1.807) is 0 Å². The van der Waals surface area contributed by atoms with E-state index in [1.165, 1.54) is 16.8 Å². The van der Waals surface area contributed by atoms with Crippen molar-refractivity contribution in [3.63, 3.8) is 0 Å². The van der Waals surface area contributed by atoms with E-state index >= 15 is 0 Å². The maximum absolute atomic E-state index is 11.1. The molecule has 2 heterocycles. The van der Waals surface area contributed by atoms with E-state index in [1.807, 2.05) is 0 Å². The number of amidine groups is 1. The van der Waals surface area contributed by atoms with Gasteiger partial charge < -0.3 is 17.0 Å². The predicted molar refractivity (Wildman–Crippen MR) is 47.6 cm³/mol. The van der Waals surface area contributed by atoms with Crippen molar-refractivity contribution in [3.05, 3.63) is 0 Å². The minimum Gasteiger partial charge on any atom is -1.00 e. The van der Waals surface area contributed by atoms with Gasteiger partial charge in [0.2, 0.25) is 0 Å². The van der Waals surface area contributed by atoms with Crippen LogP contribution in [0.4, 0.5) is 0 Å². The molecule has 2 aliphatic rings. The van der Waals surface area contributed by atoms with Gasteiger partial charge in [0.1, 0.15) is 0 Å². The number of nitrogens with two attached hydrogens (primary N) is 1. The van der Waals surface area contributed by atoms with Crippen LogP contribution in [0.2, 0.25) is 0 Å². The van der Waals surface area contributed by atoms with Crippen LogP contribution in [0.15, 0.2) is 0 Å². The zero-order valence-corrected chi connectivity index (χ0v) is 9.82. The maximum atomic E-state index is 11.1. The quantitative estimate of drug-likeness (QED) is 0.444. The van der Waals surface area contributed by atoms with Crippen molar-refractivity contribution in [3.8, 4) is 0 Å². The van der Waals surface area contributed by atoms with Gasteiger partial charge >= 0.3 is 0 Å². The first kappa shape index (κ1) is 11.3. The molecular weight excluding hydrogens is 278 g/mol. The number of thioether (sulfide) groups is 1. The Morgan fingerprint density at radius 1 is 1.54 bits per heavy atom. The largest absolute Gasteiger partial charge is 1.00 e. The van der Waals surface area contributed by atoms with Gasteiger partial charge in [0, 0.05) is 5.25 Å². The number of hydrogen-bond acceptors (Lipinski definition) is 5. The summed E-state index contributed by atoms with van der Waals surface area (Å²) in [5.41, 5.74) is 0. The minimum atomic E-state index is -2.90. The van der Waals surface area contributed by atoms with Crippen LogP contribution < -0.4 is 22.8 Å². The van der Waals surface area contributed by atoms with Crippen molar-refractivity contribution in [2.45, 2.75) is 11.3 Å². The highest BCUT2D eigenvalue weighted by Crippen LogP contribution is 2.35. The SMILES string of the molecule is N=C1SC2CS(=O)(=O)CC2N1N.[Br-]. The van der Waals surface area contributed by atoms with Gasteiger partial charge in [-0.2, -0.15) is 0 Å². The molecule has 0 bridgehead atoms. The third-order valence-corrected chi connectivity index (χ3v) is 5.27. The van der Waals surface area contributed by atoms with E-state index in [-0.39, 0.29) is 44.9 Å². The Hall–Kier alpha value is 0.210. The zero-order chi connectivity index (χ0) is 8.93. The van der Waals surface area contributed by atoms with E-state index in [2.05, 4.69) is 0 Å². The number of nitrogens with one attached hydrogen (secondary N) is 1. The smallest absolute Gasteiger partial charge is 0.171 e. The maximum Gasteiger partial charge on any atom is 0.171 e. The Kier molecular flexibility index (Phi) is 2.96. The average molecular weight is 287 g/mol. The zero-order valence-electron chi connectivity index (χ0n) is 6.60. The van der Waals surface area contributed by atoms with Crippen molar-refractivity contribution >= 4 is 26.8 Å². The Morgan fingerprint density at radius 2 is 2.15 bits per heavy atom. The van der Waals surface area contributed by atoms with Gasteiger partial charge in [-0.05, 0) is 0 Å². The highest BCUT2D eigenvalue weighted by atomic mass is 79.9. The monoisotopic (exact) mass is 286 g/mol. The van der Waals surface area contributed by atoms with Gasteiger partial charge in [-0.15, -0.1) is 0 Å². The second-order valence-corrected chi connectivity index (χ2v) is 6.39. The van der Waals surface area contributed by atoms with Crippen molar-refractivity contribution in [2.75, 3.05) is 11.5 Å². The molecule has 2 aliphatic heterocycles. The Labute approximate surface area is 91.2 Å². The molecule has 0 saturated carbocycles. The number of hydrogen-bond donors (Lipinski definition) is 2. The van der Waals surface area contributed by atoms with Crippen LogP contribution in [0, 0.1) is 5.41 Å². The topological polar surface area (TPSA) is 87.2 Å². The number of halogens is 1. The summed E-state index contributed by atoms with van der Waals surface area (Å²) < 4.78 is 22.3. The normalized spacial score (nSPS) is 35.8. The van der Waals surface area contributed by atoms with Crippen LogP contribution in [0.5, 0.6) is 0 Å². The van der Waals surface area contributed by atoms with Crippen LogP contribution in [0.3, 0.4) is 0 Å². The van der Waals surface area contributed by atoms with Crippen molar-refractivity contribution < 1.29 is 25.4 Å². The van der Waals surface area contributed by atoms with Crippen molar-refractivity contribution in [1.29, 1.82) is 5.41 Å². The molecule has 76 valence electrons. The fraction of sp³-hybridized carbons (Fsp3) is 0.800. The first-order valence-electron chi connectivity index (χ1n) is 3.49. The van der Waals surface area contributed by atoms with Gasteiger partial charge in [-0.3, -0.25) is 10.4 Å². The number of hydrazine groups is 1. The van der Waals surface area contributed by atoms with Gasteiger partial charge in [-0.25, -0.2) is 14.3 Å². The molecule has 2 rings (SSSR count). The molecule has 0 aromatic rings. The minimum absolute atomic E-state index is 0. The van der Waals surface area contributed by atoms with Gasteiger partial charge in [0.15, 0.2) is 15.0 Å². The van der Waals surface area contributed by atoms with Crippen molar-refractivity contribution in [1.82, 2.24) is 5.01 Å². The summed E-state index contributed by atoms with van der Waals surface area (Å²) in [7, 11) is -2.90. The number of sulfone groups is 1. The lowest BCUT2D eigenvalue weighted by Crippen LogP contribution is -3.00. The van der Waals surface area contributed by atoms with Crippen LogP contribution in [-0.2, 0) is 9.84 Å². The van der Waals surface area contributed by atoms with Gasteiger partial charge in [0.05, 0.1) is 17.5 Å². The summed E-state index contributed by atoms with van der Waals surface area (Å²) in [5, 5.41) is 8.87. The van der Waals surface area contributed by atoms with Crippen molar-refractivity contribution in [2.24, 2.45) is 5.84 Å². The molecule has 2 unspecified atom stereocenters. The molecule has 2 saturated heterocycles.